The van der Waals surface area contributed by atoms with Crippen LogP contribution in [0.15, 0.2) is 0 Å². The van der Waals surface area contributed by atoms with Crippen LogP contribution >= 0.6 is 0 Å². The van der Waals surface area contributed by atoms with Gasteiger partial charge in [0.25, 0.3) is 0 Å². The normalized spacial score (nSPS) is 58.9. The summed E-state index contributed by atoms with van der Waals surface area (Å²) in [5, 5.41) is 21.5. The molecular weight excluding hydrogens is 296 g/mol. The quantitative estimate of drug-likeness (QED) is 0.670. The van der Waals surface area contributed by atoms with E-state index in [-0.39, 0.29) is 10.8 Å². The van der Waals surface area contributed by atoms with Crippen molar-refractivity contribution < 1.29 is 10.2 Å². The number of hydrogen-bond acceptors (Lipinski definition) is 2. The predicted octanol–water partition coefficient (Wildman–Crippen LogP) is 3.37. The van der Waals surface area contributed by atoms with Crippen molar-refractivity contribution in [2.75, 3.05) is 0 Å². The molecule has 4 saturated carbocycles. The number of hydrogen-bond donors (Lipinski definition) is 2. The lowest BCUT2D eigenvalue weighted by Gasteiger charge is -2.56. The van der Waals surface area contributed by atoms with Crippen LogP contribution in [0.5, 0.6) is 0 Å². The summed E-state index contributed by atoms with van der Waals surface area (Å²) in [6.45, 7) is 4.71. The van der Waals surface area contributed by atoms with Gasteiger partial charge in [-0.15, -0.1) is 12.8 Å². The maximum absolute atomic E-state index is 10.8. The molecule has 0 aromatic heterocycles. The molecule has 24 heavy (non-hydrogen) atoms. The van der Waals surface area contributed by atoms with Crippen LogP contribution in [-0.2, 0) is 0 Å². The molecule has 0 aromatic carbocycles. The Labute approximate surface area is 146 Å². The van der Waals surface area contributed by atoms with E-state index in [9.17, 15) is 10.2 Å². The third-order valence-electron chi connectivity index (χ3n) is 8.63. The van der Waals surface area contributed by atoms with Gasteiger partial charge in [0.1, 0.15) is 11.2 Å². The highest BCUT2D eigenvalue weighted by Crippen LogP contribution is 2.69. The van der Waals surface area contributed by atoms with Crippen LogP contribution in [0, 0.1) is 59.2 Å². The van der Waals surface area contributed by atoms with E-state index in [0.29, 0.717) is 23.7 Å². The first-order chi connectivity index (χ1) is 11.2. The first kappa shape index (κ1) is 16.5. The zero-order valence-electron chi connectivity index (χ0n) is 15.0. The Hall–Kier alpha value is -0.960. The maximum Gasteiger partial charge on any atom is 0.126 e. The molecule has 1 unspecified atom stereocenters. The molecule has 0 spiro atoms. The highest BCUT2D eigenvalue weighted by Gasteiger charge is 2.64. The SMILES string of the molecule is C#C[C@@]1(O)C[C@@H]2CC[C@@H]3C(CC[C@]4(C)C[C@](O)(C#C)C[C@@H]34)[C@@]2(C)C1. The van der Waals surface area contributed by atoms with Gasteiger partial charge >= 0.3 is 0 Å². The highest BCUT2D eigenvalue weighted by atomic mass is 16.3. The highest BCUT2D eigenvalue weighted by molar-refractivity contribution is 5.22. The fraction of sp³-hybridized carbons (Fsp3) is 0.818. The molecule has 0 aliphatic heterocycles. The van der Waals surface area contributed by atoms with Gasteiger partial charge in [-0.2, -0.15) is 0 Å². The van der Waals surface area contributed by atoms with Gasteiger partial charge in [0, 0.05) is 0 Å². The lowest BCUT2D eigenvalue weighted by atomic mass is 9.48. The summed E-state index contributed by atoms with van der Waals surface area (Å²) in [4.78, 5) is 0. The Balaban J connectivity index is 1.66. The van der Waals surface area contributed by atoms with Crippen molar-refractivity contribution in [3.05, 3.63) is 0 Å². The fourth-order valence-corrected chi connectivity index (χ4v) is 7.59. The molecule has 130 valence electrons. The minimum Gasteiger partial charge on any atom is -0.378 e. The van der Waals surface area contributed by atoms with E-state index >= 15 is 0 Å². The molecule has 4 aliphatic rings. The van der Waals surface area contributed by atoms with Crippen molar-refractivity contribution in [2.45, 2.75) is 76.4 Å². The third-order valence-corrected chi connectivity index (χ3v) is 8.63. The minimum atomic E-state index is -0.915. The van der Waals surface area contributed by atoms with Crippen LogP contribution in [-0.4, -0.2) is 21.4 Å². The molecule has 2 N–H and O–H groups in total. The number of fused-ring (bicyclic) bond motifs is 5. The average molecular weight is 326 g/mol. The summed E-state index contributed by atoms with van der Waals surface area (Å²) in [6, 6.07) is 0. The van der Waals surface area contributed by atoms with E-state index < -0.39 is 11.2 Å². The molecule has 4 rings (SSSR count). The lowest BCUT2D eigenvalue weighted by molar-refractivity contribution is -0.0767. The van der Waals surface area contributed by atoms with Crippen molar-refractivity contribution in [3.63, 3.8) is 0 Å². The standard InChI is InChI=1S/C22H30O2/c1-5-21(23)11-15-7-8-16-17(20(15,4)14-21)9-10-19(3)13-22(24,6-2)12-18(16)19/h1-2,15-18,23-24H,7-14H2,3-4H3/t15-,16+,17?,18-,19+,20-,21+,22-/m0/s1. The van der Waals surface area contributed by atoms with Gasteiger partial charge in [-0.05, 0) is 85.9 Å². The van der Waals surface area contributed by atoms with E-state index in [0.717, 1.165) is 38.5 Å². The van der Waals surface area contributed by atoms with Crippen LogP contribution in [0.1, 0.15) is 65.2 Å². The van der Waals surface area contributed by atoms with Crippen LogP contribution in [0.2, 0.25) is 0 Å². The van der Waals surface area contributed by atoms with Crippen LogP contribution in [0.25, 0.3) is 0 Å². The molecule has 0 bridgehead atoms. The molecule has 8 atom stereocenters. The van der Waals surface area contributed by atoms with Gasteiger partial charge in [-0.1, -0.05) is 25.7 Å². The Bertz CT molecular complexity index is 641. The molecule has 0 saturated heterocycles. The summed E-state index contributed by atoms with van der Waals surface area (Å²) in [6.07, 6.45) is 19.0. The topological polar surface area (TPSA) is 40.5 Å². The van der Waals surface area contributed by atoms with Gasteiger partial charge in [0.05, 0.1) is 0 Å². The largest absolute Gasteiger partial charge is 0.378 e. The molecule has 0 radical (unpaired) electrons. The Kier molecular flexibility index (Phi) is 3.31. The summed E-state index contributed by atoms with van der Waals surface area (Å²) >= 11 is 0. The van der Waals surface area contributed by atoms with Crippen molar-refractivity contribution >= 4 is 0 Å². The zero-order valence-corrected chi connectivity index (χ0v) is 15.0. The van der Waals surface area contributed by atoms with E-state index in [1.807, 2.05) is 0 Å². The van der Waals surface area contributed by atoms with Crippen LogP contribution in [0.3, 0.4) is 0 Å². The molecule has 2 heteroatoms. The summed E-state index contributed by atoms with van der Waals surface area (Å²) in [7, 11) is 0. The second-order valence-corrected chi connectivity index (χ2v) is 9.96. The van der Waals surface area contributed by atoms with Gasteiger partial charge in [0.2, 0.25) is 0 Å². The number of rotatable bonds is 0. The summed E-state index contributed by atoms with van der Waals surface area (Å²) in [5.74, 6) is 7.64. The van der Waals surface area contributed by atoms with E-state index in [1.165, 1.54) is 12.8 Å². The maximum atomic E-state index is 10.8. The molecular formula is C22H30O2. The predicted molar refractivity (Wildman–Crippen MR) is 94.7 cm³/mol. The van der Waals surface area contributed by atoms with Crippen molar-refractivity contribution in [1.29, 1.82) is 0 Å². The minimum absolute atomic E-state index is 0.141. The van der Waals surface area contributed by atoms with Gasteiger partial charge < -0.3 is 10.2 Å². The third kappa shape index (κ3) is 2.06. The van der Waals surface area contributed by atoms with Gasteiger partial charge in [0.15, 0.2) is 0 Å². The fourth-order valence-electron chi connectivity index (χ4n) is 7.59. The van der Waals surface area contributed by atoms with Crippen LogP contribution < -0.4 is 0 Å². The molecule has 0 amide bonds. The Morgan fingerprint density at radius 2 is 1.54 bits per heavy atom. The molecule has 0 aromatic rings. The lowest BCUT2D eigenvalue weighted by Crippen LogP contribution is -2.49. The number of terminal acetylenes is 2. The molecule has 4 aliphatic carbocycles. The second-order valence-electron chi connectivity index (χ2n) is 9.96. The van der Waals surface area contributed by atoms with Crippen molar-refractivity contribution in [2.24, 2.45) is 34.5 Å². The summed E-state index contributed by atoms with van der Waals surface area (Å²) in [5.41, 5.74) is -1.51. The zero-order chi connectivity index (χ0) is 17.4. The first-order valence-corrected chi connectivity index (χ1v) is 9.57. The molecule has 2 nitrogen and oxygen atoms in total. The monoisotopic (exact) mass is 326 g/mol. The Morgan fingerprint density at radius 1 is 0.875 bits per heavy atom. The molecule has 4 fully saturated rings. The van der Waals surface area contributed by atoms with Gasteiger partial charge in [-0.25, -0.2) is 0 Å². The van der Waals surface area contributed by atoms with E-state index in [4.69, 9.17) is 12.8 Å². The average Bonchev–Trinajstić information content (AvgIpc) is 2.97. The Morgan fingerprint density at radius 3 is 2.21 bits per heavy atom. The summed E-state index contributed by atoms with van der Waals surface area (Å²) < 4.78 is 0. The van der Waals surface area contributed by atoms with Gasteiger partial charge in [-0.3, -0.25) is 0 Å². The second kappa shape index (κ2) is 4.81. The molecule has 0 heterocycles. The van der Waals surface area contributed by atoms with Crippen LogP contribution in [0.4, 0.5) is 0 Å². The first-order valence-electron chi connectivity index (χ1n) is 9.57. The van der Waals surface area contributed by atoms with Crippen molar-refractivity contribution in [1.82, 2.24) is 0 Å². The van der Waals surface area contributed by atoms with E-state index in [1.54, 1.807) is 0 Å². The number of aliphatic hydroxyl groups is 2. The van der Waals surface area contributed by atoms with Crippen molar-refractivity contribution in [3.8, 4) is 24.7 Å². The smallest absolute Gasteiger partial charge is 0.126 e. The van der Waals surface area contributed by atoms with E-state index in [2.05, 4.69) is 25.7 Å².